The van der Waals surface area contributed by atoms with Gasteiger partial charge >= 0.3 is 0 Å². The fourth-order valence-electron chi connectivity index (χ4n) is 2.22. The van der Waals surface area contributed by atoms with E-state index in [1.165, 1.54) is 0 Å². The van der Waals surface area contributed by atoms with Gasteiger partial charge in [0.15, 0.2) is 5.82 Å². The smallest absolute Gasteiger partial charge is 0.235 e. The summed E-state index contributed by atoms with van der Waals surface area (Å²) in [6.07, 6.45) is 7.14. The lowest BCUT2D eigenvalue weighted by Gasteiger charge is -2.06. The molecule has 0 aromatic carbocycles. The summed E-state index contributed by atoms with van der Waals surface area (Å²) in [5.74, 6) is 2.53. The third kappa shape index (κ3) is 2.71. The van der Waals surface area contributed by atoms with E-state index >= 15 is 0 Å². The van der Waals surface area contributed by atoms with Crippen molar-refractivity contribution in [3.8, 4) is 11.5 Å². The molecule has 7 heteroatoms. The lowest BCUT2D eigenvalue weighted by Crippen LogP contribution is -2.00. The quantitative estimate of drug-likeness (QED) is 0.626. The van der Waals surface area contributed by atoms with Crippen molar-refractivity contribution >= 4 is 17.4 Å². The molecule has 4 heterocycles. The fraction of sp³-hybridized carbons (Fsp3) is 0.0625. The van der Waals surface area contributed by atoms with Crippen molar-refractivity contribution in [2.24, 2.45) is 0 Å². The Balaban J connectivity index is 1.65. The molecule has 0 bridgehead atoms. The first-order valence-electron chi connectivity index (χ1n) is 7.12. The van der Waals surface area contributed by atoms with Crippen LogP contribution in [0.4, 0.5) is 11.6 Å². The lowest BCUT2D eigenvalue weighted by molar-refractivity contribution is 1.09. The molecule has 0 amide bonds. The van der Waals surface area contributed by atoms with Crippen molar-refractivity contribution < 1.29 is 0 Å². The summed E-state index contributed by atoms with van der Waals surface area (Å²) in [6, 6.07) is 9.42. The van der Waals surface area contributed by atoms with E-state index in [9.17, 15) is 0 Å². The highest BCUT2D eigenvalue weighted by Gasteiger charge is 2.06. The molecule has 4 rings (SSSR count). The van der Waals surface area contributed by atoms with E-state index in [0.29, 0.717) is 23.2 Å². The normalized spacial score (nSPS) is 10.8. The van der Waals surface area contributed by atoms with Crippen molar-refractivity contribution in [1.82, 2.24) is 29.3 Å². The molecule has 4 aromatic rings. The maximum absolute atomic E-state index is 4.50. The van der Waals surface area contributed by atoms with E-state index in [1.807, 2.05) is 48.0 Å². The second-order valence-electron chi connectivity index (χ2n) is 5.00. The second-order valence-corrected chi connectivity index (χ2v) is 5.00. The highest BCUT2D eigenvalue weighted by atomic mass is 15.1. The van der Waals surface area contributed by atoms with Crippen molar-refractivity contribution in [1.29, 1.82) is 0 Å². The monoisotopic (exact) mass is 303 g/mol. The lowest BCUT2D eigenvalue weighted by atomic mass is 10.3. The molecular formula is C16H13N7. The van der Waals surface area contributed by atoms with E-state index in [4.69, 9.17) is 0 Å². The fourth-order valence-corrected chi connectivity index (χ4v) is 2.22. The van der Waals surface area contributed by atoms with E-state index < -0.39 is 0 Å². The molecule has 23 heavy (non-hydrogen) atoms. The third-order valence-corrected chi connectivity index (χ3v) is 3.29. The van der Waals surface area contributed by atoms with E-state index in [0.717, 1.165) is 11.4 Å². The van der Waals surface area contributed by atoms with Gasteiger partial charge < -0.3 is 5.32 Å². The average molecular weight is 303 g/mol. The Bertz CT molecular complexity index is 977. The third-order valence-electron chi connectivity index (χ3n) is 3.29. The van der Waals surface area contributed by atoms with Gasteiger partial charge in [0.2, 0.25) is 5.78 Å². The maximum atomic E-state index is 4.50. The molecular weight excluding hydrogens is 290 g/mol. The summed E-state index contributed by atoms with van der Waals surface area (Å²) in [5.41, 5.74) is 1.67. The Morgan fingerprint density at radius 3 is 2.70 bits per heavy atom. The van der Waals surface area contributed by atoms with Gasteiger partial charge in [-0.05, 0) is 31.2 Å². The molecule has 0 atom stereocenters. The zero-order valence-electron chi connectivity index (χ0n) is 12.4. The number of pyridine rings is 1. The largest absolute Gasteiger partial charge is 0.325 e. The van der Waals surface area contributed by atoms with Gasteiger partial charge in [0.1, 0.15) is 17.3 Å². The minimum absolute atomic E-state index is 0.570. The topological polar surface area (TPSA) is 80.9 Å². The van der Waals surface area contributed by atoms with E-state index in [1.54, 1.807) is 18.5 Å². The van der Waals surface area contributed by atoms with Crippen LogP contribution in [0.15, 0.2) is 55.1 Å². The van der Waals surface area contributed by atoms with Crippen LogP contribution in [0.3, 0.4) is 0 Å². The first-order chi connectivity index (χ1) is 11.3. The van der Waals surface area contributed by atoms with Crippen LogP contribution in [0.1, 0.15) is 5.69 Å². The van der Waals surface area contributed by atoms with Gasteiger partial charge in [0.25, 0.3) is 0 Å². The molecule has 0 saturated carbocycles. The highest BCUT2D eigenvalue weighted by Crippen LogP contribution is 2.17. The summed E-state index contributed by atoms with van der Waals surface area (Å²) in [6.45, 7) is 1.94. The summed E-state index contributed by atoms with van der Waals surface area (Å²) in [7, 11) is 0. The van der Waals surface area contributed by atoms with Gasteiger partial charge in [0.05, 0.1) is 0 Å². The summed E-state index contributed by atoms with van der Waals surface area (Å²) < 4.78 is 1.84. The summed E-state index contributed by atoms with van der Waals surface area (Å²) in [4.78, 5) is 21.8. The Morgan fingerprint density at radius 2 is 1.78 bits per heavy atom. The molecule has 0 fully saturated rings. The molecule has 0 aliphatic carbocycles. The Labute approximate surface area is 132 Å². The van der Waals surface area contributed by atoms with Crippen LogP contribution in [0.5, 0.6) is 0 Å². The molecule has 0 unspecified atom stereocenters. The predicted molar refractivity (Wildman–Crippen MR) is 86.3 cm³/mol. The number of nitrogens with zero attached hydrogens (tertiary/aromatic N) is 6. The molecule has 112 valence electrons. The Morgan fingerprint density at radius 1 is 0.870 bits per heavy atom. The number of imidazole rings is 1. The van der Waals surface area contributed by atoms with Crippen LogP contribution in [-0.4, -0.2) is 29.3 Å². The first-order valence-corrected chi connectivity index (χ1v) is 7.12. The molecule has 7 nitrogen and oxygen atoms in total. The number of aryl methyl sites for hydroxylation is 1. The van der Waals surface area contributed by atoms with Crippen molar-refractivity contribution in [3.63, 3.8) is 0 Å². The predicted octanol–water partition coefficient (Wildman–Crippen LogP) is 2.63. The second kappa shape index (κ2) is 5.45. The minimum Gasteiger partial charge on any atom is -0.325 e. The zero-order valence-corrected chi connectivity index (χ0v) is 12.4. The Hall–Kier alpha value is -3.35. The standard InChI is InChI=1S/C16H13N7/c1-11-3-2-4-12(19-11)15-17-7-5-13(21-15)20-14-6-9-23-10-8-18-16(23)22-14/h2-10H,1H3,(H,17,18,20,21,22). The van der Waals surface area contributed by atoms with Crippen molar-refractivity contribution in [2.75, 3.05) is 5.32 Å². The summed E-state index contributed by atoms with van der Waals surface area (Å²) in [5, 5.41) is 3.17. The van der Waals surface area contributed by atoms with Crippen molar-refractivity contribution in [3.05, 3.63) is 60.8 Å². The number of anilines is 2. The van der Waals surface area contributed by atoms with Gasteiger partial charge in [-0.25, -0.2) is 19.9 Å². The van der Waals surface area contributed by atoms with Crippen LogP contribution in [-0.2, 0) is 0 Å². The van der Waals surface area contributed by atoms with Crippen LogP contribution < -0.4 is 5.32 Å². The number of fused-ring (bicyclic) bond motifs is 1. The number of nitrogens with one attached hydrogen (secondary N) is 1. The van der Waals surface area contributed by atoms with E-state index in [2.05, 4.69) is 30.2 Å². The van der Waals surface area contributed by atoms with E-state index in [-0.39, 0.29) is 0 Å². The highest BCUT2D eigenvalue weighted by molar-refractivity contribution is 5.57. The number of hydrogen-bond donors (Lipinski definition) is 1. The SMILES string of the molecule is Cc1cccc(-c2nccc(Nc3ccn4ccnc4n3)n2)n1. The number of rotatable bonds is 3. The van der Waals surface area contributed by atoms with Crippen LogP contribution in [0.2, 0.25) is 0 Å². The molecule has 4 aromatic heterocycles. The van der Waals surface area contributed by atoms with Crippen molar-refractivity contribution in [2.45, 2.75) is 6.92 Å². The molecule has 1 N–H and O–H groups in total. The van der Waals surface area contributed by atoms with Gasteiger partial charge in [-0.2, -0.15) is 4.98 Å². The Kier molecular flexibility index (Phi) is 3.16. The minimum atomic E-state index is 0.570. The average Bonchev–Trinajstić information content (AvgIpc) is 3.03. The van der Waals surface area contributed by atoms with Crippen LogP contribution in [0, 0.1) is 6.92 Å². The maximum Gasteiger partial charge on any atom is 0.235 e. The van der Waals surface area contributed by atoms with Crippen LogP contribution >= 0.6 is 0 Å². The van der Waals surface area contributed by atoms with Gasteiger partial charge in [-0.3, -0.25) is 4.40 Å². The number of aromatic nitrogens is 6. The molecule has 0 radical (unpaired) electrons. The number of hydrogen-bond acceptors (Lipinski definition) is 6. The molecule has 0 saturated heterocycles. The van der Waals surface area contributed by atoms with Gasteiger partial charge in [-0.15, -0.1) is 0 Å². The summed E-state index contributed by atoms with van der Waals surface area (Å²) >= 11 is 0. The van der Waals surface area contributed by atoms with Gasteiger partial charge in [-0.1, -0.05) is 6.07 Å². The van der Waals surface area contributed by atoms with Gasteiger partial charge in [0, 0.05) is 30.5 Å². The first kappa shape index (κ1) is 13.3. The molecule has 0 aliphatic rings. The molecule has 0 spiro atoms. The zero-order chi connectivity index (χ0) is 15.6. The molecule has 0 aliphatic heterocycles. The van der Waals surface area contributed by atoms with Crippen LogP contribution in [0.25, 0.3) is 17.3 Å².